The second-order valence-electron chi connectivity index (χ2n) is 12.3. The largest absolute Gasteiger partial charge is 0.508 e. The van der Waals surface area contributed by atoms with Crippen molar-refractivity contribution >= 4 is 46.3 Å². The third-order valence-electron chi connectivity index (χ3n) is 8.80. The number of benzene rings is 5. The first-order valence-electron chi connectivity index (χ1n) is 16.2. The molecule has 12 nitrogen and oxygen atoms in total. The average Bonchev–Trinajstić information content (AvgIpc) is 3.13. The summed E-state index contributed by atoms with van der Waals surface area (Å²) in [6.45, 7) is -0.234. The Labute approximate surface area is 312 Å². The Kier molecular flexibility index (Phi) is 9.84. The van der Waals surface area contributed by atoms with Gasteiger partial charge in [-0.2, -0.15) is 0 Å². The molecule has 2 aliphatic rings. The van der Waals surface area contributed by atoms with Crippen molar-refractivity contribution in [1.82, 2.24) is 0 Å². The molecule has 0 aliphatic carbocycles. The smallest absolute Gasteiger partial charge is 0.310 e. The minimum atomic E-state index is -1.69. The van der Waals surface area contributed by atoms with Crippen molar-refractivity contribution in [1.29, 1.82) is 0 Å². The third kappa shape index (κ3) is 7.16. The summed E-state index contributed by atoms with van der Waals surface area (Å²) in [4.78, 5) is 26.3. The first-order valence-corrected chi connectivity index (χ1v) is 17.0. The van der Waals surface area contributed by atoms with E-state index >= 15 is 0 Å². The summed E-state index contributed by atoms with van der Waals surface area (Å²) in [6.07, 6.45) is -4.78. The van der Waals surface area contributed by atoms with Crippen LogP contribution < -0.4 is 24.3 Å². The van der Waals surface area contributed by atoms with Crippen LogP contribution in [-0.4, -0.2) is 58.1 Å². The Bertz CT molecular complexity index is 2210. The number of aliphatic hydroxyl groups is 1. The van der Waals surface area contributed by atoms with Gasteiger partial charge < -0.3 is 49.4 Å². The highest BCUT2D eigenvalue weighted by Crippen LogP contribution is 2.46. The van der Waals surface area contributed by atoms with E-state index in [0.29, 0.717) is 38.1 Å². The second-order valence-corrected chi connectivity index (χ2v) is 13.1. The normalized spacial score (nSPS) is 18.8. The third-order valence-corrected chi connectivity index (χ3v) is 9.43. The highest BCUT2D eigenvalue weighted by atomic mass is 35.5. The number of para-hydroxylation sites is 2. The second kappa shape index (κ2) is 14.7. The Balaban J connectivity index is 1.13. The van der Waals surface area contributed by atoms with Gasteiger partial charge in [0.2, 0.25) is 5.78 Å². The zero-order valence-electron chi connectivity index (χ0n) is 27.8. The lowest BCUT2D eigenvalue weighted by molar-refractivity contribution is -0.147. The number of fused-ring (bicyclic) bond motifs is 2. The molecule has 0 amide bonds. The van der Waals surface area contributed by atoms with Crippen LogP contribution in [0, 0.1) is 0 Å². The van der Waals surface area contributed by atoms with E-state index < -0.39 is 41.9 Å². The number of ketones is 1. The van der Waals surface area contributed by atoms with Crippen molar-refractivity contribution in [2.24, 2.45) is 0 Å². The lowest BCUT2D eigenvalue weighted by Gasteiger charge is -2.35. The number of ether oxygens (including phenoxy) is 5. The molecule has 0 bridgehead atoms. The minimum absolute atomic E-state index is 0.0975. The van der Waals surface area contributed by atoms with Gasteiger partial charge in [-0.3, -0.25) is 9.59 Å². The van der Waals surface area contributed by atoms with Crippen LogP contribution in [0.2, 0.25) is 10.0 Å². The predicted octanol–water partition coefficient (Wildman–Crippen LogP) is 7.21. The van der Waals surface area contributed by atoms with Gasteiger partial charge in [-0.25, -0.2) is 0 Å². The van der Waals surface area contributed by atoms with Crippen molar-refractivity contribution in [3.05, 3.63) is 123 Å². The number of hydrogen-bond donors (Lipinski definition) is 5. The van der Waals surface area contributed by atoms with Crippen LogP contribution in [0.1, 0.15) is 39.3 Å². The Morgan fingerprint density at radius 3 is 2.28 bits per heavy atom. The van der Waals surface area contributed by atoms with Crippen LogP contribution in [0.4, 0.5) is 11.4 Å². The molecule has 0 fully saturated rings. The number of anilines is 2. The molecular formula is C39H31Cl2NO11. The zero-order valence-corrected chi connectivity index (χ0v) is 29.3. The van der Waals surface area contributed by atoms with Crippen LogP contribution in [0.3, 0.4) is 0 Å². The molecule has 5 aromatic carbocycles. The van der Waals surface area contributed by atoms with E-state index in [-0.39, 0.29) is 53.1 Å². The first kappa shape index (κ1) is 35.6. The maximum absolute atomic E-state index is 13.3. The molecule has 2 aliphatic heterocycles. The Morgan fingerprint density at radius 2 is 1.51 bits per heavy atom. The maximum atomic E-state index is 13.3. The average molecular weight is 761 g/mol. The quantitative estimate of drug-likeness (QED) is 0.0958. The van der Waals surface area contributed by atoms with Crippen molar-refractivity contribution in [3.8, 4) is 40.2 Å². The molecule has 2 heterocycles. The Morgan fingerprint density at radius 1 is 0.792 bits per heavy atom. The van der Waals surface area contributed by atoms with E-state index in [2.05, 4.69) is 5.32 Å². The summed E-state index contributed by atoms with van der Waals surface area (Å²) in [5.74, 6) is -1.73. The topological polar surface area (TPSA) is 173 Å². The fourth-order valence-corrected chi connectivity index (χ4v) is 6.69. The standard InChI is InChI=1S/C39H31Cl2NO11/c1-49-29-13-20(9-11-26(29)44)38-32(18-50-33(46)15-19-5-2-3-8-25(19)42-35-23(40)6-4-7-24(35)41)51-28-12-10-21(14-30(28)52-38)39-37(48)36(47)34-27(45)16-22(43)17-31(34)53-39/h2-14,16-17,32,37-39,42-45,48H,15,18H2,1H3/t32-,37+,38-,39-/m0/s1. The molecule has 5 aromatic rings. The van der Waals surface area contributed by atoms with Gasteiger partial charge in [-0.15, -0.1) is 0 Å². The molecular weight excluding hydrogens is 729 g/mol. The fourth-order valence-electron chi connectivity index (χ4n) is 6.20. The van der Waals surface area contributed by atoms with Gasteiger partial charge in [0.25, 0.3) is 0 Å². The lowest BCUT2D eigenvalue weighted by Crippen LogP contribution is -2.38. The summed E-state index contributed by atoms with van der Waals surface area (Å²) >= 11 is 12.7. The number of esters is 1. The van der Waals surface area contributed by atoms with Crippen molar-refractivity contribution in [3.63, 3.8) is 0 Å². The molecule has 272 valence electrons. The van der Waals surface area contributed by atoms with E-state index in [1.807, 2.05) is 6.07 Å². The number of carbonyl (C=O) groups is 2. The number of aromatic hydroxyl groups is 3. The number of carbonyl (C=O) groups excluding carboxylic acids is 2. The van der Waals surface area contributed by atoms with Gasteiger partial charge in [0.15, 0.2) is 47.4 Å². The molecule has 0 radical (unpaired) electrons. The number of phenols is 3. The van der Waals surface area contributed by atoms with Crippen LogP contribution in [-0.2, 0) is 16.0 Å². The van der Waals surface area contributed by atoms with E-state index in [1.165, 1.54) is 25.3 Å². The predicted molar refractivity (Wildman–Crippen MR) is 193 cm³/mol. The van der Waals surface area contributed by atoms with Crippen LogP contribution in [0.25, 0.3) is 0 Å². The van der Waals surface area contributed by atoms with E-state index in [9.17, 15) is 30.0 Å². The summed E-state index contributed by atoms with van der Waals surface area (Å²) < 4.78 is 29.7. The molecule has 0 spiro atoms. The van der Waals surface area contributed by atoms with Gasteiger partial charge in [-0.1, -0.05) is 59.6 Å². The number of hydrogen-bond acceptors (Lipinski definition) is 12. The van der Waals surface area contributed by atoms with E-state index in [1.54, 1.807) is 60.7 Å². The highest BCUT2D eigenvalue weighted by molar-refractivity contribution is 6.39. The number of aliphatic hydroxyl groups excluding tert-OH is 1. The van der Waals surface area contributed by atoms with Crippen molar-refractivity contribution in [2.45, 2.75) is 30.8 Å². The number of halogens is 2. The van der Waals surface area contributed by atoms with E-state index in [0.717, 1.165) is 6.07 Å². The molecule has 4 atom stereocenters. The minimum Gasteiger partial charge on any atom is -0.508 e. The monoisotopic (exact) mass is 759 g/mol. The van der Waals surface area contributed by atoms with Crippen molar-refractivity contribution < 1.29 is 53.7 Å². The number of rotatable bonds is 9. The SMILES string of the molecule is COc1cc([C@@H]2Oc3cc([C@@H]4Oc5cc(O)cc(O)c5C(=O)[C@H]4O)ccc3O[C@H]2COC(=O)Cc2ccccc2Nc2c(Cl)cccc2Cl)ccc1O. The number of Topliss-reactive ketones (excluding diaryl/α,β-unsaturated/α-hetero) is 1. The van der Waals surface area contributed by atoms with Gasteiger partial charge in [-0.05, 0) is 53.6 Å². The summed E-state index contributed by atoms with van der Waals surface area (Å²) in [7, 11) is 1.40. The molecule has 5 N–H and O–H groups in total. The number of phenolic OH excluding ortho intramolecular Hbond substituents is 3. The molecule has 14 heteroatoms. The molecule has 0 saturated carbocycles. The van der Waals surface area contributed by atoms with E-state index in [4.69, 9.17) is 46.9 Å². The molecule has 0 unspecified atom stereocenters. The number of methoxy groups -OCH3 is 1. The van der Waals surface area contributed by atoms with Crippen LogP contribution >= 0.6 is 23.2 Å². The van der Waals surface area contributed by atoms with Gasteiger partial charge in [0.05, 0.1) is 29.3 Å². The van der Waals surface area contributed by atoms with Crippen LogP contribution in [0.5, 0.6) is 40.2 Å². The molecule has 0 saturated heterocycles. The van der Waals surface area contributed by atoms with Crippen molar-refractivity contribution in [2.75, 3.05) is 19.0 Å². The zero-order chi connectivity index (χ0) is 37.4. The first-order chi connectivity index (χ1) is 25.5. The summed E-state index contributed by atoms with van der Waals surface area (Å²) in [5, 5.41) is 45.4. The lowest BCUT2D eigenvalue weighted by atomic mass is 9.92. The summed E-state index contributed by atoms with van der Waals surface area (Å²) in [5.41, 5.74) is 2.35. The van der Waals surface area contributed by atoms with Gasteiger partial charge in [0, 0.05) is 23.4 Å². The van der Waals surface area contributed by atoms with Crippen LogP contribution in [0.15, 0.2) is 91.0 Å². The molecule has 0 aromatic heterocycles. The van der Waals surface area contributed by atoms with Gasteiger partial charge >= 0.3 is 5.97 Å². The summed E-state index contributed by atoms with van der Waals surface area (Å²) in [6, 6.07) is 23.7. The highest BCUT2D eigenvalue weighted by Gasteiger charge is 2.41. The molecule has 7 rings (SSSR count). The Hall–Kier alpha value is -5.82. The molecule has 53 heavy (non-hydrogen) atoms. The van der Waals surface area contributed by atoms with Gasteiger partial charge in [0.1, 0.15) is 29.4 Å². The number of nitrogens with one attached hydrogen (secondary N) is 1. The maximum Gasteiger partial charge on any atom is 0.310 e. The fraction of sp³-hybridized carbons (Fsp3) is 0.179.